The van der Waals surface area contributed by atoms with Crippen LogP contribution in [0.3, 0.4) is 0 Å². The Balaban J connectivity index is 1.46. The third kappa shape index (κ3) is 7.31. The van der Waals surface area contributed by atoms with Crippen molar-refractivity contribution in [1.29, 1.82) is 0 Å². The van der Waals surface area contributed by atoms with E-state index >= 15 is 0 Å². The Morgan fingerprint density at radius 3 is 2.67 bits per heavy atom. The van der Waals surface area contributed by atoms with Crippen LogP contribution in [0.2, 0.25) is 0 Å². The zero-order chi connectivity index (χ0) is 18.7. The smallest absolute Gasteiger partial charge is 0.191 e. The van der Waals surface area contributed by atoms with Crippen molar-refractivity contribution in [3.63, 3.8) is 0 Å². The van der Waals surface area contributed by atoms with Crippen LogP contribution in [-0.2, 0) is 6.42 Å². The van der Waals surface area contributed by atoms with Gasteiger partial charge in [-0.15, -0.1) is 11.8 Å². The minimum atomic E-state index is -0.141. The highest BCUT2D eigenvalue weighted by Gasteiger charge is 2.20. The molecule has 1 aliphatic rings. The Labute approximate surface area is 165 Å². The number of benzene rings is 1. The van der Waals surface area contributed by atoms with Gasteiger partial charge in [0.25, 0.3) is 0 Å². The Morgan fingerprint density at radius 1 is 1.11 bits per heavy atom. The summed E-state index contributed by atoms with van der Waals surface area (Å²) in [6, 6.07) is 14.7. The van der Waals surface area contributed by atoms with Gasteiger partial charge in [0, 0.05) is 36.2 Å². The molecular weight excluding hydrogens is 358 g/mol. The molecule has 6 heteroatoms. The Hall–Kier alpha value is -1.92. The first-order valence-electron chi connectivity index (χ1n) is 9.73. The molecule has 146 valence electrons. The molecule has 0 aliphatic heterocycles. The van der Waals surface area contributed by atoms with Crippen molar-refractivity contribution in [1.82, 2.24) is 10.6 Å². The molecular formula is C21H29N3O2S. The lowest BCUT2D eigenvalue weighted by atomic mass is 9.93. The van der Waals surface area contributed by atoms with Crippen molar-refractivity contribution in [3.05, 3.63) is 54.5 Å². The monoisotopic (exact) mass is 387 g/mol. The number of aliphatic hydroxyl groups is 1. The number of aliphatic imine (C=N–C) groups is 1. The molecule has 1 aromatic carbocycles. The standard InChI is InChI=1S/C21H29N3O2S/c25-18-10-8-17(9-11-18)24-21(22-13-12-19-5-4-15-26-19)23-14-16-27-20-6-2-1-3-7-20/h1-7,15,17-18,25H,8-14,16H2,(H2,22,23,24). The van der Waals surface area contributed by atoms with Gasteiger partial charge >= 0.3 is 0 Å². The fourth-order valence-corrected chi connectivity index (χ4v) is 3.94. The minimum absolute atomic E-state index is 0.141. The quantitative estimate of drug-likeness (QED) is 0.280. The predicted molar refractivity (Wildman–Crippen MR) is 111 cm³/mol. The molecule has 1 heterocycles. The maximum Gasteiger partial charge on any atom is 0.191 e. The van der Waals surface area contributed by atoms with Gasteiger partial charge in [0.2, 0.25) is 0 Å². The molecule has 0 bridgehead atoms. The highest BCUT2D eigenvalue weighted by atomic mass is 32.2. The van der Waals surface area contributed by atoms with Crippen LogP contribution in [0.15, 0.2) is 63.0 Å². The molecule has 3 rings (SSSR count). The van der Waals surface area contributed by atoms with Crippen LogP contribution in [0, 0.1) is 0 Å². The first-order valence-corrected chi connectivity index (χ1v) is 10.7. The van der Waals surface area contributed by atoms with Crippen molar-refractivity contribution in [2.75, 3.05) is 18.8 Å². The van der Waals surface area contributed by atoms with E-state index in [1.54, 1.807) is 6.26 Å². The molecule has 1 saturated carbocycles. The topological polar surface area (TPSA) is 69.8 Å². The highest BCUT2D eigenvalue weighted by molar-refractivity contribution is 7.99. The van der Waals surface area contributed by atoms with Gasteiger partial charge in [-0.2, -0.15) is 0 Å². The average Bonchev–Trinajstić information content (AvgIpc) is 3.21. The molecule has 1 fully saturated rings. The number of hydrogen-bond acceptors (Lipinski definition) is 4. The number of hydrogen-bond donors (Lipinski definition) is 3. The lowest BCUT2D eigenvalue weighted by molar-refractivity contribution is 0.120. The first kappa shape index (κ1) is 19.8. The molecule has 0 amide bonds. The first-order chi connectivity index (χ1) is 13.3. The summed E-state index contributed by atoms with van der Waals surface area (Å²) in [6.45, 7) is 1.53. The SMILES string of the molecule is OC1CCC(NC(=NCCc2ccco2)NCCSc2ccccc2)CC1. The van der Waals surface area contributed by atoms with Crippen LogP contribution in [0.5, 0.6) is 0 Å². The van der Waals surface area contributed by atoms with E-state index < -0.39 is 0 Å². The Morgan fingerprint density at radius 2 is 1.93 bits per heavy atom. The summed E-state index contributed by atoms with van der Waals surface area (Å²) in [5.41, 5.74) is 0. The van der Waals surface area contributed by atoms with E-state index in [9.17, 15) is 5.11 Å². The summed E-state index contributed by atoms with van der Waals surface area (Å²) in [5, 5.41) is 16.7. The largest absolute Gasteiger partial charge is 0.469 e. The van der Waals surface area contributed by atoms with Crippen LogP contribution in [0.4, 0.5) is 0 Å². The fraction of sp³-hybridized carbons (Fsp3) is 0.476. The summed E-state index contributed by atoms with van der Waals surface area (Å²) < 4.78 is 5.38. The Bertz CT molecular complexity index is 668. The van der Waals surface area contributed by atoms with Crippen molar-refractivity contribution >= 4 is 17.7 Å². The van der Waals surface area contributed by atoms with Crippen LogP contribution in [-0.4, -0.2) is 42.1 Å². The van der Waals surface area contributed by atoms with E-state index in [0.717, 1.165) is 56.1 Å². The minimum Gasteiger partial charge on any atom is -0.469 e. The van der Waals surface area contributed by atoms with Gasteiger partial charge in [-0.1, -0.05) is 18.2 Å². The molecule has 0 unspecified atom stereocenters. The number of thioether (sulfide) groups is 1. The van der Waals surface area contributed by atoms with E-state index in [1.165, 1.54) is 4.90 Å². The lowest BCUT2D eigenvalue weighted by Gasteiger charge is -2.27. The summed E-state index contributed by atoms with van der Waals surface area (Å²) >= 11 is 1.84. The third-order valence-corrected chi connectivity index (χ3v) is 5.67. The molecule has 0 atom stereocenters. The van der Waals surface area contributed by atoms with Crippen LogP contribution in [0.25, 0.3) is 0 Å². The summed E-state index contributed by atoms with van der Waals surface area (Å²) in [7, 11) is 0. The molecule has 0 spiro atoms. The summed E-state index contributed by atoms with van der Waals surface area (Å²) in [4.78, 5) is 6.00. The predicted octanol–water partition coefficient (Wildman–Crippen LogP) is 3.45. The van der Waals surface area contributed by atoms with Crippen LogP contribution in [0.1, 0.15) is 31.4 Å². The third-order valence-electron chi connectivity index (χ3n) is 4.65. The highest BCUT2D eigenvalue weighted by Crippen LogP contribution is 2.18. The number of rotatable bonds is 8. The number of guanidine groups is 1. The van der Waals surface area contributed by atoms with Crippen molar-refractivity contribution < 1.29 is 9.52 Å². The maximum atomic E-state index is 9.70. The van der Waals surface area contributed by atoms with Gasteiger partial charge < -0.3 is 20.2 Å². The average molecular weight is 388 g/mol. The summed E-state index contributed by atoms with van der Waals surface area (Å²) in [6.07, 6.45) is 6.05. The van der Waals surface area contributed by atoms with Gasteiger partial charge in [-0.05, 0) is 49.9 Å². The molecule has 1 aliphatic carbocycles. The molecule has 5 nitrogen and oxygen atoms in total. The zero-order valence-corrected chi connectivity index (χ0v) is 16.5. The molecule has 27 heavy (non-hydrogen) atoms. The van der Waals surface area contributed by atoms with Crippen LogP contribution < -0.4 is 10.6 Å². The molecule has 2 aromatic rings. The maximum absolute atomic E-state index is 9.70. The molecule has 1 aromatic heterocycles. The zero-order valence-electron chi connectivity index (χ0n) is 15.6. The van der Waals surface area contributed by atoms with E-state index in [4.69, 9.17) is 9.41 Å². The van der Waals surface area contributed by atoms with Gasteiger partial charge in [0.05, 0.1) is 12.4 Å². The van der Waals surface area contributed by atoms with Gasteiger partial charge in [0.1, 0.15) is 5.76 Å². The molecule has 3 N–H and O–H groups in total. The van der Waals surface area contributed by atoms with Crippen molar-refractivity contribution in [2.45, 2.75) is 49.1 Å². The number of nitrogens with zero attached hydrogens (tertiary/aromatic N) is 1. The van der Waals surface area contributed by atoms with E-state index in [-0.39, 0.29) is 6.10 Å². The van der Waals surface area contributed by atoms with Gasteiger partial charge in [0.15, 0.2) is 5.96 Å². The van der Waals surface area contributed by atoms with E-state index in [1.807, 2.05) is 30.0 Å². The fourth-order valence-electron chi connectivity index (χ4n) is 3.15. The number of nitrogens with one attached hydrogen (secondary N) is 2. The second-order valence-corrected chi connectivity index (χ2v) is 7.97. The van der Waals surface area contributed by atoms with Crippen LogP contribution >= 0.6 is 11.8 Å². The van der Waals surface area contributed by atoms with Crippen molar-refractivity contribution in [3.8, 4) is 0 Å². The van der Waals surface area contributed by atoms with Gasteiger partial charge in [-0.3, -0.25) is 4.99 Å². The van der Waals surface area contributed by atoms with E-state index in [0.29, 0.717) is 12.6 Å². The van der Waals surface area contributed by atoms with Crippen molar-refractivity contribution in [2.24, 2.45) is 4.99 Å². The molecule has 0 saturated heterocycles. The second kappa shape index (κ2) is 11.0. The van der Waals surface area contributed by atoms with Gasteiger partial charge in [-0.25, -0.2) is 0 Å². The number of aliphatic hydroxyl groups excluding tert-OH is 1. The normalized spacial score (nSPS) is 20.4. The molecule has 0 radical (unpaired) electrons. The summed E-state index contributed by atoms with van der Waals surface area (Å²) in [5.74, 6) is 2.79. The van der Waals surface area contributed by atoms with E-state index in [2.05, 4.69) is 34.9 Å². The second-order valence-electron chi connectivity index (χ2n) is 6.80. The lowest BCUT2D eigenvalue weighted by Crippen LogP contribution is -2.46. The Kier molecular flexibility index (Phi) is 8.11. The number of furan rings is 1.